The van der Waals surface area contributed by atoms with E-state index < -0.39 is 0 Å². The number of carbonyl (C=O) groups is 1. The smallest absolute Gasteiger partial charge is 0.243 e. The number of terminal acetylenes is 1. The molecule has 1 aliphatic rings. The summed E-state index contributed by atoms with van der Waals surface area (Å²) >= 11 is 0. The highest BCUT2D eigenvalue weighted by molar-refractivity contribution is 5.95. The third kappa shape index (κ3) is 5.28. The molecule has 0 saturated carbocycles. The number of rotatable bonds is 5. The predicted octanol–water partition coefficient (Wildman–Crippen LogP) is 1.34. The molecule has 1 heterocycles. The SMILES string of the molecule is C#Cc1cccc(NC(=O)CNC(=NC)NCC2(C)CCCO2)c1. The standard InChI is InChI=1S/C18H24N4O2/c1-4-14-7-5-8-15(11-14)22-16(23)12-20-17(19-3)21-13-18(2)9-6-10-24-18/h1,5,7-8,11H,6,9-10,12-13H2,2-3H3,(H,22,23)(H2,19,20,21). The van der Waals surface area contributed by atoms with Gasteiger partial charge in [-0.2, -0.15) is 0 Å². The number of hydrogen-bond acceptors (Lipinski definition) is 3. The van der Waals surface area contributed by atoms with Crippen LogP contribution in [-0.4, -0.2) is 44.2 Å². The number of nitrogens with zero attached hydrogens (tertiary/aromatic N) is 1. The zero-order valence-electron chi connectivity index (χ0n) is 14.2. The van der Waals surface area contributed by atoms with Gasteiger partial charge in [-0.3, -0.25) is 9.79 Å². The average molecular weight is 328 g/mol. The molecule has 1 fully saturated rings. The van der Waals surface area contributed by atoms with Crippen molar-refractivity contribution in [1.82, 2.24) is 10.6 Å². The molecule has 0 aromatic heterocycles. The van der Waals surface area contributed by atoms with Gasteiger partial charge in [-0.1, -0.05) is 12.0 Å². The van der Waals surface area contributed by atoms with Gasteiger partial charge in [-0.25, -0.2) is 0 Å². The number of amides is 1. The highest BCUT2D eigenvalue weighted by atomic mass is 16.5. The van der Waals surface area contributed by atoms with E-state index in [1.165, 1.54) is 0 Å². The summed E-state index contributed by atoms with van der Waals surface area (Å²) in [7, 11) is 1.67. The lowest BCUT2D eigenvalue weighted by Crippen LogP contribution is -2.47. The minimum atomic E-state index is -0.171. The second-order valence-electron chi connectivity index (χ2n) is 5.95. The lowest BCUT2D eigenvalue weighted by atomic mass is 10.0. The fraction of sp³-hybridized carbons (Fsp3) is 0.444. The molecular weight excluding hydrogens is 304 g/mol. The van der Waals surface area contributed by atoms with Crippen LogP contribution in [0.25, 0.3) is 0 Å². The number of guanidine groups is 1. The molecule has 24 heavy (non-hydrogen) atoms. The Hall–Kier alpha value is -2.52. The van der Waals surface area contributed by atoms with E-state index in [0.717, 1.165) is 25.0 Å². The first-order chi connectivity index (χ1) is 11.5. The maximum absolute atomic E-state index is 12.0. The number of carbonyl (C=O) groups excluding carboxylic acids is 1. The maximum Gasteiger partial charge on any atom is 0.243 e. The van der Waals surface area contributed by atoms with E-state index in [2.05, 4.69) is 33.8 Å². The topological polar surface area (TPSA) is 74.8 Å². The van der Waals surface area contributed by atoms with Crippen LogP contribution in [0, 0.1) is 12.3 Å². The summed E-state index contributed by atoms with van der Waals surface area (Å²) in [6, 6.07) is 7.17. The maximum atomic E-state index is 12.0. The Balaban J connectivity index is 1.78. The molecule has 1 aliphatic heterocycles. The molecule has 0 spiro atoms. The Bertz CT molecular complexity index is 643. The second kappa shape index (κ2) is 8.37. The third-order valence-corrected chi connectivity index (χ3v) is 3.88. The third-order valence-electron chi connectivity index (χ3n) is 3.88. The molecule has 0 aliphatic carbocycles. The summed E-state index contributed by atoms with van der Waals surface area (Å²) in [4.78, 5) is 16.1. The van der Waals surface area contributed by atoms with Gasteiger partial charge in [0.05, 0.1) is 12.1 Å². The molecule has 0 radical (unpaired) electrons. The van der Waals surface area contributed by atoms with Gasteiger partial charge in [0.1, 0.15) is 0 Å². The first-order valence-electron chi connectivity index (χ1n) is 8.00. The first kappa shape index (κ1) is 17.8. The van der Waals surface area contributed by atoms with E-state index in [0.29, 0.717) is 18.2 Å². The summed E-state index contributed by atoms with van der Waals surface area (Å²) in [6.07, 6.45) is 7.44. The fourth-order valence-electron chi connectivity index (χ4n) is 2.52. The molecule has 1 aromatic rings. The minimum Gasteiger partial charge on any atom is -0.373 e. The molecule has 1 saturated heterocycles. The second-order valence-corrected chi connectivity index (χ2v) is 5.95. The van der Waals surface area contributed by atoms with Crippen LogP contribution in [0.4, 0.5) is 5.69 Å². The highest BCUT2D eigenvalue weighted by Gasteiger charge is 2.29. The van der Waals surface area contributed by atoms with Crippen LogP contribution in [0.1, 0.15) is 25.3 Å². The van der Waals surface area contributed by atoms with Gasteiger partial charge >= 0.3 is 0 Å². The van der Waals surface area contributed by atoms with Gasteiger partial charge in [0.25, 0.3) is 0 Å². The minimum absolute atomic E-state index is 0.109. The van der Waals surface area contributed by atoms with Crippen LogP contribution < -0.4 is 16.0 Å². The van der Waals surface area contributed by atoms with E-state index in [1.54, 1.807) is 25.2 Å². The van der Waals surface area contributed by atoms with Crippen molar-refractivity contribution in [2.75, 3.05) is 32.1 Å². The van der Waals surface area contributed by atoms with Crippen LogP contribution >= 0.6 is 0 Å². The van der Waals surface area contributed by atoms with Gasteiger partial charge < -0.3 is 20.7 Å². The van der Waals surface area contributed by atoms with Gasteiger partial charge in [0.15, 0.2) is 5.96 Å². The van der Waals surface area contributed by atoms with Crippen LogP contribution in [0.3, 0.4) is 0 Å². The number of nitrogens with one attached hydrogen (secondary N) is 3. The Labute approximate surface area is 143 Å². The Morgan fingerprint density at radius 2 is 2.29 bits per heavy atom. The van der Waals surface area contributed by atoms with Crippen molar-refractivity contribution in [2.45, 2.75) is 25.4 Å². The number of anilines is 1. The molecule has 128 valence electrons. The lowest BCUT2D eigenvalue weighted by molar-refractivity contribution is -0.115. The number of ether oxygens (including phenoxy) is 1. The van der Waals surface area contributed by atoms with Crippen molar-refractivity contribution >= 4 is 17.6 Å². The van der Waals surface area contributed by atoms with Crippen LogP contribution in [0.15, 0.2) is 29.3 Å². The summed E-state index contributed by atoms with van der Waals surface area (Å²) < 4.78 is 5.72. The van der Waals surface area contributed by atoms with E-state index in [1.807, 2.05) is 6.07 Å². The lowest BCUT2D eigenvalue weighted by Gasteiger charge is -2.24. The fourth-order valence-corrected chi connectivity index (χ4v) is 2.52. The van der Waals surface area contributed by atoms with E-state index in [9.17, 15) is 4.79 Å². The monoisotopic (exact) mass is 328 g/mol. The Morgan fingerprint density at radius 1 is 1.46 bits per heavy atom. The molecule has 3 N–H and O–H groups in total. The molecule has 6 heteroatoms. The van der Waals surface area contributed by atoms with E-state index in [4.69, 9.17) is 11.2 Å². The van der Waals surface area contributed by atoms with Gasteiger partial charge in [0.2, 0.25) is 5.91 Å². The largest absolute Gasteiger partial charge is 0.373 e. The molecule has 2 rings (SSSR count). The summed E-state index contributed by atoms with van der Waals surface area (Å²) in [5, 5.41) is 8.98. The molecule has 1 amide bonds. The van der Waals surface area contributed by atoms with Crippen molar-refractivity contribution in [2.24, 2.45) is 4.99 Å². The number of aliphatic imine (C=N–C) groups is 1. The van der Waals surface area contributed by atoms with Crippen LogP contribution in [0.5, 0.6) is 0 Å². The normalized spacial score (nSPS) is 20.3. The summed E-state index contributed by atoms with van der Waals surface area (Å²) in [6.45, 7) is 3.63. The van der Waals surface area contributed by atoms with Crippen molar-refractivity contribution in [1.29, 1.82) is 0 Å². The number of benzene rings is 1. The zero-order chi connectivity index (χ0) is 17.4. The summed E-state index contributed by atoms with van der Waals surface area (Å²) in [5.74, 6) is 2.94. The van der Waals surface area contributed by atoms with Crippen LogP contribution in [0.2, 0.25) is 0 Å². The summed E-state index contributed by atoms with van der Waals surface area (Å²) in [5.41, 5.74) is 1.23. The van der Waals surface area contributed by atoms with Crippen molar-refractivity contribution in [3.8, 4) is 12.3 Å². The predicted molar refractivity (Wildman–Crippen MR) is 96.0 cm³/mol. The van der Waals surface area contributed by atoms with Gasteiger partial charge in [-0.05, 0) is 38.0 Å². The highest BCUT2D eigenvalue weighted by Crippen LogP contribution is 2.23. The molecule has 0 bridgehead atoms. The molecule has 1 unspecified atom stereocenters. The molecule has 1 aromatic carbocycles. The molecule has 6 nitrogen and oxygen atoms in total. The van der Waals surface area contributed by atoms with Gasteiger partial charge in [-0.15, -0.1) is 6.42 Å². The average Bonchev–Trinajstić information content (AvgIpc) is 3.02. The first-order valence-corrected chi connectivity index (χ1v) is 8.00. The van der Waals surface area contributed by atoms with E-state index >= 15 is 0 Å². The quantitative estimate of drug-likeness (QED) is 0.433. The van der Waals surface area contributed by atoms with Crippen molar-refractivity contribution in [3.05, 3.63) is 29.8 Å². The van der Waals surface area contributed by atoms with Gasteiger partial charge in [0, 0.05) is 31.5 Å². The Kier molecular flexibility index (Phi) is 6.21. The van der Waals surface area contributed by atoms with Crippen molar-refractivity contribution in [3.63, 3.8) is 0 Å². The Morgan fingerprint density at radius 3 is 2.96 bits per heavy atom. The molecule has 1 atom stereocenters. The number of hydrogen-bond donors (Lipinski definition) is 3. The van der Waals surface area contributed by atoms with Crippen molar-refractivity contribution < 1.29 is 9.53 Å². The molecular formula is C18H24N4O2. The van der Waals surface area contributed by atoms with Crippen LogP contribution in [-0.2, 0) is 9.53 Å². The van der Waals surface area contributed by atoms with E-state index in [-0.39, 0.29) is 18.1 Å². The zero-order valence-corrected chi connectivity index (χ0v) is 14.2.